The van der Waals surface area contributed by atoms with Crippen LogP contribution in [-0.4, -0.2) is 35.9 Å². The van der Waals surface area contributed by atoms with E-state index in [2.05, 4.69) is 9.97 Å². The molecule has 0 radical (unpaired) electrons. The van der Waals surface area contributed by atoms with Crippen LogP contribution in [0.3, 0.4) is 0 Å². The Hall–Kier alpha value is -2.67. The highest BCUT2D eigenvalue weighted by atomic mass is 35.5. The molecule has 24 heavy (non-hydrogen) atoms. The molecule has 0 aliphatic carbocycles. The van der Waals surface area contributed by atoms with Crippen LogP contribution in [0.15, 0.2) is 24.5 Å². The van der Waals surface area contributed by atoms with E-state index in [4.69, 9.17) is 21.1 Å². The number of ether oxygens (including phenoxy) is 2. The van der Waals surface area contributed by atoms with Crippen LogP contribution in [0, 0.1) is 0 Å². The molecule has 2 heterocycles. The van der Waals surface area contributed by atoms with Gasteiger partial charge in [0.2, 0.25) is 5.78 Å². The van der Waals surface area contributed by atoms with E-state index in [9.17, 15) is 9.59 Å². The van der Waals surface area contributed by atoms with E-state index in [-0.39, 0.29) is 18.1 Å². The van der Waals surface area contributed by atoms with Gasteiger partial charge < -0.3 is 9.47 Å². The van der Waals surface area contributed by atoms with Gasteiger partial charge in [-0.2, -0.15) is 0 Å². The average Bonchev–Trinajstić information content (AvgIpc) is 2.60. The van der Waals surface area contributed by atoms with Crippen molar-refractivity contribution in [2.75, 3.05) is 19.1 Å². The summed E-state index contributed by atoms with van der Waals surface area (Å²) in [5.74, 6) is 0.337. The molecule has 0 saturated heterocycles. The molecule has 1 amide bonds. The fourth-order valence-electron chi connectivity index (χ4n) is 2.55. The highest BCUT2D eigenvalue weighted by Gasteiger charge is 2.34. The molecule has 1 aromatic heterocycles. The number of carbonyl (C=O) groups is 2. The first-order valence-corrected chi connectivity index (χ1v) is 7.48. The highest BCUT2D eigenvalue weighted by Crippen LogP contribution is 2.32. The molecule has 124 valence electrons. The number of anilines is 1. The van der Waals surface area contributed by atoms with Crippen molar-refractivity contribution in [2.45, 2.75) is 13.0 Å². The summed E-state index contributed by atoms with van der Waals surface area (Å²) in [4.78, 5) is 33.6. The van der Waals surface area contributed by atoms with Gasteiger partial charge in [0, 0.05) is 23.6 Å². The third-order valence-corrected chi connectivity index (χ3v) is 4.10. The monoisotopic (exact) mass is 347 g/mol. The molecule has 8 heteroatoms. The number of Topliss-reactive ketones (excluding diaryl/α,β-unsaturated/α-hetero) is 1. The minimum Gasteiger partial charge on any atom is -0.497 e. The van der Waals surface area contributed by atoms with Crippen molar-refractivity contribution in [3.63, 3.8) is 0 Å². The van der Waals surface area contributed by atoms with Crippen molar-refractivity contribution < 1.29 is 19.1 Å². The third-order valence-electron chi connectivity index (χ3n) is 3.77. The van der Waals surface area contributed by atoms with Gasteiger partial charge in [0.25, 0.3) is 5.91 Å². The first kappa shape index (κ1) is 16.2. The molecule has 1 aromatic carbocycles. The largest absolute Gasteiger partial charge is 0.497 e. The molecule has 7 nitrogen and oxygen atoms in total. The number of rotatable bonds is 4. The lowest BCUT2D eigenvalue weighted by molar-refractivity contribution is -0.136. The zero-order valence-corrected chi connectivity index (χ0v) is 13.8. The van der Waals surface area contributed by atoms with E-state index >= 15 is 0 Å². The van der Waals surface area contributed by atoms with E-state index < -0.39 is 11.7 Å². The van der Waals surface area contributed by atoms with Crippen molar-refractivity contribution >= 4 is 29.1 Å². The second-order valence-electron chi connectivity index (χ2n) is 5.14. The number of fused-ring (bicyclic) bond motifs is 1. The normalized spacial score (nSPS) is 13.7. The zero-order chi connectivity index (χ0) is 17.3. The molecular weight excluding hydrogens is 334 g/mol. The SMILES string of the molecule is COc1ccc(CN2C(=O)C(=O)Cc3c(Cl)ncnc32)c(OC)c1. The molecule has 0 unspecified atom stereocenters. The molecule has 0 bridgehead atoms. The zero-order valence-electron chi connectivity index (χ0n) is 13.1. The summed E-state index contributed by atoms with van der Waals surface area (Å²) >= 11 is 6.04. The van der Waals surface area contributed by atoms with E-state index in [0.717, 1.165) is 0 Å². The van der Waals surface area contributed by atoms with Crippen molar-refractivity contribution in [2.24, 2.45) is 0 Å². The highest BCUT2D eigenvalue weighted by molar-refractivity contribution is 6.44. The number of hydrogen-bond acceptors (Lipinski definition) is 6. The van der Waals surface area contributed by atoms with Gasteiger partial charge in [-0.15, -0.1) is 0 Å². The Morgan fingerprint density at radius 2 is 2.00 bits per heavy atom. The number of halogens is 1. The molecule has 0 atom stereocenters. The van der Waals surface area contributed by atoms with Crippen LogP contribution in [0.25, 0.3) is 0 Å². The minimum atomic E-state index is -0.630. The van der Waals surface area contributed by atoms with Crippen molar-refractivity contribution in [3.8, 4) is 11.5 Å². The first-order valence-electron chi connectivity index (χ1n) is 7.10. The lowest BCUT2D eigenvalue weighted by atomic mass is 10.0. The Labute approximate surface area is 143 Å². The maximum Gasteiger partial charge on any atom is 0.296 e. The predicted octanol–water partition coefficient (Wildman–Crippen LogP) is 1.81. The lowest BCUT2D eigenvalue weighted by Crippen LogP contribution is -2.42. The maximum atomic E-state index is 12.3. The van der Waals surface area contributed by atoms with Gasteiger partial charge in [0.1, 0.15) is 28.8 Å². The van der Waals surface area contributed by atoms with Gasteiger partial charge in [-0.3, -0.25) is 14.5 Å². The molecule has 0 saturated carbocycles. The van der Waals surface area contributed by atoms with Crippen LogP contribution < -0.4 is 14.4 Å². The first-order chi connectivity index (χ1) is 11.5. The second-order valence-corrected chi connectivity index (χ2v) is 5.49. The number of hydrogen-bond donors (Lipinski definition) is 0. The Morgan fingerprint density at radius 3 is 2.71 bits per heavy atom. The summed E-state index contributed by atoms with van der Waals surface area (Å²) < 4.78 is 10.5. The third kappa shape index (κ3) is 2.78. The predicted molar refractivity (Wildman–Crippen MR) is 86.5 cm³/mol. The van der Waals surface area contributed by atoms with E-state index in [0.29, 0.717) is 28.4 Å². The summed E-state index contributed by atoms with van der Waals surface area (Å²) in [6.07, 6.45) is 1.17. The van der Waals surface area contributed by atoms with Crippen LogP contribution >= 0.6 is 11.6 Å². The van der Waals surface area contributed by atoms with Gasteiger partial charge in [-0.1, -0.05) is 11.6 Å². The number of carbonyl (C=O) groups excluding carboxylic acids is 2. The van der Waals surface area contributed by atoms with Crippen molar-refractivity contribution in [1.29, 1.82) is 0 Å². The Balaban J connectivity index is 2.02. The van der Waals surface area contributed by atoms with Crippen LogP contribution in [0.5, 0.6) is 11.5 Å². The average molecular weight is 348 g/mol. The molecule has 1 aliphatic rings. The van der Waals surface area contributed by atoms with Gasteiger partial charge in [0.05, 0.1) is 20.8 Å². The molecule has 0 spiro atoms. The van der Waals surface area contributed by atoms with E-state index in [1.807, 2.05) is 0 Å². The van der Waals surface area contributed by atoms with Gasteiger partial charge in [-0.05, 0) is 12.1 Å². The molecule has 1 aliphatic heterocycles. The number of ketones is 1. The fourth-order valence-corrected chi connectivity index (χ4v) is 2.74. The molecule has 3 rings (SSSR count). The number of methoxy groups -OCH3 is 2. The fraction of sp³-hybridized carbons (Fsp3) is 0.250. The van der Waals surface area contributed by atoms with Crippen molar-refractivity contribution in [1.82, 2.24) is 9.97 Å². The Bertz CT molecular complexity index is 825. The van der Waals surface area contributed by atoms with Gasteiger partial charge in [-0.25, -0.2) is 9.97 Å². The summed E-state index contributed by atoms with van der Waals surface area (Å²) in [5.41, 5.74) is 1.17. The summed E-state index contributed by atoms with van der Waals surface area (Å²) in [7, 11) is 3.07. The summed E-state index contributed by atoms with van der Waals surface area (Å²) in [6.45, 7) is 0.123. The van der Waals surface area contributed by atoms with Crippen LogP contribution in [0.2, 0.25) is 5.15 Å². The Morgan fingerprint density at radius 1 is 1.21 bits per heavy atom. The number of benzene rings is 1. The summed E-state index contributed by atoms with van der Waals surface area (Å²) in [5, 5.41) is 0.174. The number of nitrogens with zero attached hydrogens (tertiary/aromatic N) is 3. The molecule has 2 aromatic rings. The lowest BCUT2D eigenvalue weighted by Gasteiger charge is -2.27. The van der Waals surface area contributed by atoms with Crippen LogP contribution in [0.1, 0.15) is 11.1 Å². The Kier molecular flexibility index (Phi) is 4.35. The quantitative estimate of drug-likeness (QED) is 0.619. The maximum absolute atomic E-state index is 12.3. The van der Waals surface area contributed by atoms with Gasteiger partial charge in [0.15, 0.2) is 0 Å². The molecule has 0 fully saturated rings. The smallest absolute Gasteiger partial charge is 0.296 e. The number of aromatic nitrogens is 2. The van der Waals surface area contributed by atoms with Crippen LogP contribution in [0.4, 0.5) is 5.82 Å². The second kappa shape index (κ2) is 6.45. The molecule has 0 N–H and O–H groups in total. The number of amides is 1. The summed E-state index contributed by atoms with van der Waals surface area (Å²) in [6, 6.07) is 5.23. The topological polar surface area (TPSA) is 81.6 Å². The van der Waals surface area contributed by atoms with E-state index in [1.165, 1.54) is 18.3 Å². The standard InChI is InChI=1S/C16H14ClN3O4/c1-23-10-4-3-9(13(5-10)24-2)7-20-15-11(6-12(21)16(20)22)14(17)18-8-19-15/h3-5,8H,6-7H2,1-2H3. The molecular formula is C16H14ClN3O4. The van der Waals surface area contributed by atoms with Crippen molar-refractivity contribution in [3.05, 3.63) is 40.8 Å². The van der Waals surface area contributed by atoms with Gasteiger partial charge >= 0.3 is 0 Å². The minimum absolute atomic E-state index is 0.0932. The van der Waals surface area contributed by atoms with Crippen LogP contribution in [-0.2, 0) is 22.6 Å². The van der Waals surface area contributed by atoms with E-state index in [1.54, 1.807) is 25.3 Å².